The van der Waals surface area contributed by atoms with E-state index in [9.17, 15) is 19.5 Å². The number of carbonyl (C=O) groups is 3. The molecule has 1 atom stereocenters. The van der Waals surface area contributed by atoms with E-state index in [-0.39, 0.29) is 24.3 Å². The Bertz CT molecular complexity index is 1440. The molecule has 0 saturated carbocycles. The molecule has 0 aromatic heterocycles. The van der Waals surface area contributed by atoms with E-state index < -0.39 is 17.9 Å². The number of carboxylic acid groups (broad SMARTS) is 1. The third-order valence-electron chi connectivity index (χ3n) is 6.16. The smallest absolute Gasteiger partial charge is 0.305 e. The van der Waals surface area contributed by atoms with Gasteiger partial charge in [-0.1, -0.05) is 88.7 Å². The van der Waals surface area contributed by atoms with Gasteiger partial charge < -0.3 is 20.5 Å². The van der Waals surface area contributed by atoms with Gasteiger partial charge in [0.15, 0.2) is 0 Å². The van der Waals surface area contributed by atoms with Crippen molar-refractivity contribution >= 4 is 39.4 Å². The van der Waals surface area contributed by atoms with Gasteiger partial charge in [0.1, 0.15) is 5.75 Å². The van der Waals surface area contributed by atoms with Gasteiger partial charge >= 0.3 is 5.97 Å². The molecule has 40 heavy (non-hydrogen) atoms. The minimum absolute atomic E-state index is 0.208. The first kappa shape index (κ1) is 28.6. The fraction of sp³-hybridized carbons (Fsp3) is 0.156. The van der Waals surface area contributed by atoms with Gasteiger partial charge in [0.25, 0.3) is 5.91 Å². The molecule has 0 spiro atoms. The second-order valence-electron chi connectivity index (χ2n) is 9.12. The average molecular weight is 601 g/mol. The summed E-state index contributed by atoms with van der Waals surface area (Å²) in [4.78, 5) is 37.7. The van der Waals surface area contributed by atoms with Gasteiger partial charge in [-0.15, -0.1) is 0 Å². The van der Waals surface area contributed by atoms with Gasteiger partial charge in [-0.2, -0.15) is 0 Å². The van der Waals surface area contributed by atoms with Crippen molar-refractivity contribution in [2.24, 2.45) is 0 Å². The van der Waals surface area contributed by atoms with Crippen molar-refractivity contribution in [3.05, 3.63) is 119 Å². The maximum Gasteiger partial charge on any atom is 0.305 e. The minimum atomic E-state index is -1.04. The molecule has 0 fully saturated rings. The fourth-order valence-electron chi connectivity index (χ4n) is 4.17. The number of nitrogens with one attached hydrogen (secondary N) is 2. The molecule has 0 radical (unpaired) electrons. The summed E-state index contributed by atoms with van der Waals surface area (Å²) in [5, 5.41) is 15.2. The molecule has 0 saturated heterocycles. The monoisotopic (exact) mass is 600 g/mol. The van der Waals surface area contributed by atoms with E-state index in [1.165, 1.54) is 0 Å². The van der Waals surface area contributed by atoms with Crippen molar-refractivity contribution in [3.8, 4) is 16.9 Å². The van der Waals surface area contributed by atoms with Crippen LogP contribution in [0.25, 0.3) is 11.1 Å². The van der Waals surface area contributed by atoms with Crippen molar-refractivity contribution < 1.29 is 24.2 Å². The number of halogens is 1. The largest absolute Gasteiger partial charge is 0.494 e. The number of para-hydroxylation sites is 1. The Morgan fingerprint density at radius 1 is 0.825 bits per heavy atom. The number of anilines is 1. The van der Waals surface area contributed by atoms with Crippen LogP contribution in [-0.2, 0) is 9.59 Å². The van der Waals surface area contributed by atoms with Gasteiger partial charge in [-0.3, -0.25) is 14.4 Å². The Balaban J connectivity index is 1.43. The Morgan fingerprint density at radius 2 is 1.48 bits per heavy atom. The zero-order valence-corrected chi connectivity index (χ0v) is 23.3. The van der Waals surface area contributed by atoms with Crippen molar-refractivity contribution in [2.45, 2.75) is 25.3 Å². The number of benzene rings is 4. The van der Waals surface area contributed by atoms with Crippen molar-refractivity contribution in [1.29, 1.82) is 0 Å². The highest BCUT2D eigenvalue weighted by atomic mass is 79.9. The number of rotatable bonds is 12. The average Bonchev–Trinajstić information content (AvgIpc) is 2.97. The van der Waals surface area contributed by atoms with Crippen LogP contribution in [0.5, 0.6) is 5.75 Å². The third kappa shape index (κ3) is 8.28. The molecular weight excluding hydrogens is 572 g/mol. The molecule has 7 nitrogen and oxygen atoms in total. The molecule has 0 aliphatic heterocycles. The molecule has 4 rings (SSSR count). The molecule has 0 bridgehead atoms. The number of aliphatic carboxylic acids is 1. The van der Waals surface area contributed by atoms with Crippen LogP contribution in [0.15, 0.2) is 108 Å². The number of carbonyl (C=O) groups excluding carboxylic acids is 2. The van der Waals surface area contributed by atoms with Gasteiger partial charge in [-0.05, 0) is 53.4 Å². The van der Waals surface area contributed by atoms with E-state index in [1.807, 2.05) is 84.9 Å². The van der Waals surface area contributed by atoms with E-state index in [2.05, 4.69) is 26.6 Å². The molecule has 3 N–H and O–H groups in total. The molecule has 0 aliphatic carbocycles. The number of carboxylic acids is 1. The van der Waals surface area contributed by atoms with Gasteiger partial charge in [0, 0.05) is 10.9 Å². The molecule has 204 valence electrons. The van der Waals surface area contributed by atoms with E-state index in [1.54, 1.807) is 18.2 Å². The lowest BCUT2D eigenvalue weighted by molar-refractivity contribution is -0.137. The number of hydrogen-bond donors (Lipinski definition) is 3. The molecular formula is C32H29BrN2O5. The van der Waals surface area contributed by atoms with Crippen molar-refractivity contribution in [1.82, 2.24) is 5.32 Å². The van der Waals surface area contributed by atoms with Crippen LogP contribution in [0.4, 0.5) is 5.69 Å². The summed E-state index contributed by atoms with van der Waals surface area (Å²) in [6.07, 6.45) is 0.408. The first-order valence-electron chi connectivity index (χ1n) is 12.8. The normalized spacial score (nSPS) is 11.3. The second-order valence-corrected chi connectivity index (χ2v) is 10.0. The van der Waals surface area contributed by atoms with Crippen molar-refractivity contribution in [3.63, 3.8) is 0 Å². The highest BCUT2D eigenvalue weighted by Gasteiger charge is 2.22. The summed E-state index contributed by atoms with van der Waals surface area (Å²) >= 11 is 3.38. The zero-order chi connectivity index (χ0) is 28.3. The molecule has 0 aliphatic rings. The van der Waals surface area contributed by atoms with Crippen LogP contribution in [0, 0.1) is 0 Å². The first-order valence-corrected chi connectivity index (χ1v) is 13.6. The van der Waals surface area contributed by atoms with E-state index >= 15 is 0 Å². The SMILES string of the molecule is O=C(O)CC(NC(=O)c1cc(Br)ccc1NC(=O)CCCOc1ccccc1)c1ccc(-c2ccccc2)cc1. The van der Waals surface area contributed by atoms with Gasteiger partial charge in [0.2, 0.25) is 5.91 Å². The highest BCUT2D eigenvalue weighted by molar-refractivity contribution is 9.10. The molecule has 0 heterocycles. The maximum absolute atomic E-state index is 13.4. The Kier molecular flexibility index (Phi) is 10.1. The lowest BCUT2D eigenvalue weighted by atomic mass is 9.98. The summed E-state index contributed by atoms with van der Waals surface area (Å²) in [5.41, 5.74) is 3.24. The number of amides is 2. The van der Waals surface area contributed by atoms with Crippen LogP contribution in [0.1, 0.15) is 41.2 Å². The highest BCUT2D eigenvalue weighted by Crippen LogP contribution is 2.26. The topological polar surface area (TPSA) is 105 Å². The van der Waals surface area contributed by atoms with Crippen LogP contribution in [0.3, 0.4) is 0 Å². The number of ether oxygens (including phenoxy) is 1. The predicted octanol–water partition coefficient (Wildman–Crippen LogP) is 6.86. The summed E-state index contributed by atoms with van der Waals surface area (Å²) in [7, 11) is 0. The first-order chi connectivity index (χ1) is 19.4. The van der Waals surface area contributed by atoms with Gasteiger partial charge in [-0.25, -0.2) is 0 Å². The molecule has 4 aromatic carbocycles. The minimum Gasteiger partial charge on any atom is -0.494 e. The van der Waals surface area contributed by atoms with Crippen LogP contribution in [0.2, 0.25) is 0 Å². The molecule has 8 heteroatoms. The second kappa shape index (κ2) is 14.1. The van der Waals surface area contributed by atoms with E-state index in [0.717, 1.165) is 16.9 Å². The Morgan fingerprint density at radius 3 is 2.15 bits per heavy atom. The van der Waals surface area contributed by atoms with Crippen LogP contribution < -0.4 is 15.4 Å². The van der Waals surface area contributed by atoms with Crippen LogP contribution in [-0.4, -0.2) is 29.5 Å². The summed E-state index contributed by atoms with van der Waals surface area (Å²) in [6.45, 7) is 0.380. The Hall–Kier alpha value is -4.43. The summed E-state index contributed by atoms with van der Waals surface area (Å²) in [5.74, 6) is -1.06. The zero-order valence-electron chi connectivity index (χ0n) is 21.7. The lowest BCUT2D eigenvalue weighted by Crippen LogP contribution is -2.31. The Labute approximate surface area is 241 Å². The van der Waals surface area contributed by atoms with Crippen LogP contribution >= 0.6 is 15.9 Å². The molecule has 1 unspecified atom stereocenters. The number of hydrogen-bond acceptors (Lipinski definition) is 4. The fourth-order valence-corrected chi connectivity index (χ4v) is 4.53. The van der Waals surface area contributed by atoms with E-state index in [4.69, 9.17) is 4.74 Å². The predicted molar refractivity (Wildman–Crippen MR) is 158 cm³/mol. The third-order valence-corrected chi connectivity index (χ3v) is 6.66. The maximum atomic E-state index is 13.4. The lowest BCUT2D eigenvalue weighted by Gasteiger charge is -2.19. The summed E-state index contributed by atoms with van der Waals surface area (Å²) in [6, 6.07) is 30.8. The van der Waals surface area contributed by atoms with E-state index in [0.29, 0.717) is 28.8 Å². The van der Waals surface area contributed by atoms with Gasteiger partial charge in [0.05, 0.1) is 30.3 Å². The summed E-state index contributed by atoms with van der Waals surface area (Å²) < 4.78 is 6.28. The quantitative estimate of drug-likeness (QED) is 0.154. The standard InChI is InChI=1S/C32H29BrN2O5/c33-25-17-18-28(34-30(36)12-7-19-40-26-10-5-2-6-11-26)27(20-25)32(39)35-29(21-31(37)38)24-15-13-23(14-16-24)22-8-3-1-4-9-22/h1-6,8-11,13-18,20,29H,7,12,19,21H2,(H,34,36)(H,35,39)(H,37,38). The van der Waals surface area contributed by atoms with Crippen molar-refractivity contribution in [2.75, 3.05) is 11.9 Å². The molecule has 4 aromatic rings. The molecule has 2 amide bonds.